The number of nitrogens with zero attached hydrogens (tertiary/aromatic N) is 1. The van der Waals surface area contributed by atoms with Gasteiger partial charge in [-0.2, -0.15) is 24.9 Å². The molecule has 1 aromatic heterocycles. The van der Waals surface area contributed by atoms with E-state index in [1.54, 1.807) is 6.07 Å². The fraction of sp³-hybridized carbons (Fsp3) is 0.583. The summed E-state index contributed by atoms with van der Waals surface area (Å²) in [6, 6.07) is 2.14. The van der Waals surface area contributed by atoms with E-state index in [0.717, 1.165) is 0 Å². The van der Waals surface area contributed by atoms with Crippen LogP contribution in [0.4, 0.5) is 13.2 Å². The van der Waals surface area contributed by atoms with E-state index in [0.29, 0.717) is 22.8 Å². The smallest absolute Gasteiger partial charge is 0.406 e. The van der Waals surface area contributed by atoms with Gasteiger partial charge >= 0.3 is 6.18 Å². The molecule has 0 aliphatic heterocycles. The largest absolute Gasteiger partial charge is 0.467 e. The molecule has 1 rings (SSSR count). The van der Waals surface area contributed by atoms with E-state index in [9.17, 15) is 18.0 Å². The Morgan fingerprint density at radius 2 is 2.25 bits per heavy atom. The molecule has 0 aliphatic carbocycles. The summed E-state index contributed by atoms with van der Waals surface area (Å²) < 4.78 is 42.6. The van der Waals surface area contributed by atoms with Gasteiger partial charge in [0, 0.05) is 0 Å². The predicted molar refractivity (Wildman–Crippen MR) is 71.2 cm³/mol. The lowest BCUT2D eigenvalue weighted by molar-refractivity contribution is -0.163. The number of amides is 1. The van der Waals surface area contributed by atoms with Crippen molar-refractivity contribution in [3.05, 3.63) is 24.2 Å². The van der Waals surface area contributed by atoms with Crippen LogP contribution in [0.15, 0.2) is 22.8 Å². The number of rotatable bonds is 7. The van der Waals surface area contributed by atoms with Crippen molar-refractivity contribution < 1.29 is 22.4 Å². The van der Waals surface area contributed by atoms with Crippen molar-refractivity contribution in [3.8, 4) is 0 Å². The third-order valence-electron chi connectivity index (χ3n) is 2.56. The van der Waals surface area contributed by atoms with Crippen LogP contribution in [-0.2, 0) is 11.3 Å². The minimum Gasteiger partial charge on any atom is -0.467 e. The molecular formula is C12H17F3N2O2S. The van der Waals surface area contributed by atoms with E-state index >= 15 is 0 Å². The maximum Gasteiger partial charge on any atom is 0.406 e. The third kappa shape index (κ3) is 5.87. The number of nitrogens with two attached hydrogens (primary N) is 1. The Balaban J connectivity index is 2.73. The van der Waals surface area contributed by atoms with Crippen LogP contribution in [0.5, 0.6) is 0 Å². The highest BCUT2D eigenvalue weighted by atomic mass is 32.2. The first-order valence-corrected chi connectivity index (χ1v) is 7.35. The van der Waals surface area contributed by atoms with Crippen LogP contribution in [0.1, 0.15) is 12.2 Å². The molecular weight excluding hydrogens is 293 g/mol. The van der Waals surface area contributed by atoms with Crippen molar-refractivity contribution in [3.63, 3.8) is 0 Å². The lowest BCUT2D eigenvalue weighted by Crippen LogP contribution is -2.47. The average molecular weight is 310 g/mol. The van der Waals surface area contributed by atoms with E-state index < -0.39 is 24.7 Å². The van der Waals surface area contributed by atoms with Crippen LogP contribution in [0.2, 0.25) is 0 Å². The van der Waals surface area contributed by atoms with Gasteiger partial charge in [0.1, 0.15) is 12.3 Å². The van der Waals surface area contributed by atoms with E-state index in [-0.39, 0.29) is 6.54 Å². The lowest BCUT2D eigenvalue weighted by atomic mass is 10.2. The average Bonchev–Trinajstić information content (AvgIpc) is 2.85. The Kier molecular flexibility index (Phi) is 6.41. The topological polar surface area (TPSA) is 59.5 Å². The Morgan fingerprint density at radius 1 is 1.55 bits per heavy atom. The molecule has 1 amide bonds. The molecule has 0 saturated heterocycles. The number of hydrogen-bond donors (Lipinski definition) is 1. The van der Waals surface area contributed by atoms with Gasteiger partial charge in [-0.15, -0.1) is 0 Å². The van der Waals surface area contributed by atoms with Gasteiger partial charge < -0.3 is 15.1 Å². The molecule has 0 saturated carbocycles. The van der Waals surface area contributed by atoms with E-state index in [4.69, 9.17) is 10.2 Å². The Labute approximate surface area is 119 Å². The molecule has 0 fully saturated rings. The summed E-state index contributed by atoms with van der Waals surface area (Å²) >= 11 is 1.49. The lowest BCUT2D eigenvalue weighted by Gasteiger charge is -2.25. The van der Waals surface area contributed by atoms with Crippen LogP contribution >= 0.6 is 11.8 Å². The second-order valence-electron chi connectivity index (χ2n) is 4.28. The van der Waals surface area contributed by atoms with Crippen molar-refractivity contribution in [1.29, 1.82) is 0 Å². The normalized spacial score (nSPS) is 13.2. The highest BCUT2D eigenvalue weighted by molar-refractivity contribution is 7.98. The molecule has 0 unspecified atom stereocenters. The van der Waals surface area contributed by atoms with E-state index in [2.05, 4.69) is 0 Å². The SMILES string of the molecule is CSCC[C@@H](N)C(=O)N(Cc1ccco1)CC(F)(F)F. The maximum atomic E-state index is 12.5. The van der Waals surface area contributed by atoms with Gasteiger partial charge in [0.15, 0.2) is 0 Å². The standard InChI is InChI=1S/C12H17F3N2O2S/c1-20-6-4-10(16)11(18)17(8-12(13,14)15)7-9-3-2-5-19-9/h2-3,5,10H,4,6-8,16H2,1H3/t10-/m1/s1. The quantitative estimate of drug-likeness (QED) is 0.839. The first-order valence-electron chi connectivity index (χ1n) is 5.96. The van der Waals surface area contributed by atoms with Crippen LogP contribution in [0.25, 0.3) is 0 Å². The zero-order valence-corrected chi connectivity index (χ0v) is 11.8. The van der Waals surface area contributed by atoms with Gasteiger partial charge in [-0.25, -0.2) is 0 Å². The number of alkyl halides is 3. The number of hydrogen-bond acceptors (Lipinski definition) is 4. The van der Waals surface area contributed by atoms with Crippen LogP contribution in [0.3, 0.4) is 0 Å². The summed E-state index contributed by atoms with van der Waals surface area (Å²) in [5, 5.41) is 0. The zero-order chi connectivity index (χ0) is 15.2. The fourth-order valence-electron chi connectivity index (χ4n) is 1.62. The van der Waals surface area contributed by atoms with Gasteiger partial charge in [0.05, 0.1) is 18.8 Å². The molecule has 8 heteroatoms. The number of carbonyl (C=O) groups is 1. The minimum absolute atomic E-state index is 0.238. The molecule has 20 heavy (non-hydrogen) atoms. The number of thioether (sulfide) groups is 1. The maximum absolute atomic E-state index is 12.5. The molecule has 0 radical (unpaired) electrons. The van der Waals surface area contributed by atoms with Crippen LogP contribution < -0.4 is 5.73 Å². The summed E-state index contributed by atoms with van der Waals surface area (Å²) in [4.78, 5) is 12.7. The van der Waals surface area contributed by atoms with Gasteiger partial charge in [-0.05, 0) is 30.6 Å². The second kappa shape index (κ2) is 7.58. The number of carbonyl (C=O) groups excluding carboxylic acids is 1. The number of halogens is 3. The summed E-state index contributed by atoms with van der Waals surface area (Å²) in [7, 11) is 0. The van der Waals surface area contributed by atoms with Crippen molar-refractivity contribution in [2.75, 3.05) is 18.6 Å². The Hall–Kier alpha value is -1.15. The number of furan rings is 1. The van der Waals surface area contributed by atoms with E-state index in [1.807, 2.05) is 6.26 Å². The van der Waals surface area contributed by atoms with Crippen molar-refractivity contribution in [1.82, 2.24) is 4.90 Å². The highest BCUT2D eigenvalue weighted by Crippen LogP contribution is 2.19. The van der Waals surface area contributed by atoms with Crippen molar-refractivity contribution in [2.45, 2.75) is 25.2 Å². The summed E-state index contributed by atoms with van der Waals surface area (Å²) in [6.07, 6.45) is -0.944. The molecule has 1 heterocycles. The first kappa shape index (κ1) is 16.9. The van der Waals surface area contributed by atoms with Crippen LogP contribution in [0, 0.1) is 0 Å². The van der Waals surface area contributed by atoms with Gasteiger partial charge in [-0.3, -0.25) is 4.79 Å². The van der Waals surface area contributed by atoms with Crippen LogP contribution in [-0.4, -0.2) is 41.6 Å². The summed E-state index contributed by atoms with van der Waals surface area (Å²) in [5.41, 5.74) is 5.65. The molecule has 0 spiro atoms. The molecule has 1 atom stereocenters. The molecule has 2 N–H and O–H groups in total. The Bertz CT molecular complexity index is 409. The minimum atomic E-state index is -4.47. The second-order valence-corrected chi connectivity index (χ2v) is 5.26. The predicted octanol–water partition coefficient (Wildman–Crippen LogP) is 2.25. The van der Waals surface area contributed by atoms with Crippen molar-refractivity contribution >= 4 is 17.7 Å². The molecule has 0 aromatic carbocycles. The van der Waals surface area contributed by atoms with Gasteiger partial charge in [-0.1, -0.05) is 0 Å². The molecule has 0 aliphatic rings. The molecule has 4 nitrogen and oxygen atoms in total. The molecule has 0 bridgehead atoms. The molecule has 1 aromatic rings. The third-order valence-corrected chi connectivity index (χ3v) is 3.20. The zero-order valence-electron chi connectivity index (χ0n) is 11.0. The first-order chi connectivity index (χ1) is 9.33. The Morgan fingerprint density at radius 3 is 2.75 bits per heavy atom. The highest BCUT2D eigenvalue weighted by Gasteiger charge is 2.34. The van der Waals surface area contributed by atoms with Crippen molar-refractivity contribution in [2.24, 2.45) is 5.73 Å². The van der Waals surface area contributed by atoms with E-state index in [1.165, 1.54) is 24.1 Å². The summed E-state index contributed by atoms with van der Waals surface area (Å²) in [5.74, 6) is 0.195. The molecule has 114 valence electrons. The van der Waals surface area contributed by atoms with Gasteiger partial charge in [0.25, 0.3) is 0 Å². The monoisotopic (exact) mass is 310 g/mol. The van der Waals surface area contributed by atoms with Gasteiger partial charge in [0.2, 0.25) is 5.91 Å². The summed E-state index contributed by atoms with van der Waals surface area (Å²) in [6.45, 7) is -1.57. The fourth-order valence-corrected chi connectivity index (χ4v) is 2.11.